The third kappa shape index (κ3) is 2.89. The van der Waals surface area contributed by atoms with Crippen molar-refractivity contribution in [2.24, 2.45) is 0 Å². The Labute approximate surface area is 86.9 Å². The molecule has 0 aliphatic carbocycles. The van der Waals surface area contributed by atoms with E-state index in [0.29, 0.717) is 6.04 Å². The van der Waals surface area contributed by atoms with E-state index in [4.69, 9.17) is 0 Å². The van der Waals surface area contributed by atoms with Crippen molar-refractivity contribution in [1.82, 2.24) is 10.2 Å². The summed E-state index contributed by atoms with van der Waals surface area (Å²) in [5.74, 6) is 0. The maximum atomic E-state index is 11.7. The topological polar surface area (TPSA) is 32.3 Å². The highest BCUT2D eigenvalue weighted by Gasteiger charge is 2.26. The minimum Gasteiger partial charge on any atom is -0.338 e. The number of amides is 2. The molecule has 14 heavy (non-hydrogen) atoms. The van der Waals surface area contributed by atoms with Crippen LogP contribution in [-0.4, -0.2) is 30.1 Å². The fourth-order valence-corrected chi connectivity index (χ4v) is 2.00. The fraction of sp³-hybridized carbons (Fsp3) is 0.909. The summed E-state index contributed by atoms with van der Waals surface area (Å²) in [6.07, 6.45) is 5.65. The number of likely N-dealkylation sites (tertiary alicyclic amines) is 1. The van der Waals surface area contributed by atoms with Gasteiger partial charge in [-0.15, -0.1) is 0 Å². The average Bonchev–Trinajstić information content (AvgIpc) is 2.65. The van der Waals surface area contributed by atoms with Gasteiger partial charge in [0.15, 0.2) is 0 Å². The number of carbonyl (C=O) groups excluding carboxylic acids is 1. The lowest BCUT2D eigenvalue weighted by molar-refractivity contribution is 0.191. The Hall–Kier alpha value is -0.730. The largest absolute Gasteiger partial charge is 0.338 e. The van der Waals surface area contributed by atoms with Crippen LogP contribution in [0.3, 0.4) is 0 Å². The van der Waals surface area contributed by atoms with Crippen LogP contribution in [-0.2, 0) is 0 Å². The Morgan fingerprint density at radius 1 is 1.50 bits per heavy atom. The van der Waals surface area contributed by atoms with Gasteiger partial charge in [0.2, 0.25) is 0 Å². The normalized spacial score (nSPS) is 21.3. The van der Waals surface area contributed by atoms with E-state index in [0.717, 1.165) is 32.4 Å². The number of nitrogens with zero attached hydrogens (tertiary/aromatic N) is 1. The molecule has 0 aromatic carbocycles. The minimum absolute atomic E-state index is 0.141. The van der Waals surface area contributed by atoms with Gasteiger partial charge in [-0.2, -0.15) is 0 Å². The van der Waals surface area contributed by atoms with Crippen molar-refractivity contribution in [3.63, 3.8) is 0 Å². The molecule has 0 saturated carbocycles. The van der Waals surface area contributed by atoms with Crippen molar-refractivity contribution in [3.8, 4) is 0 Å². The van der Waals surface area contributed by atoms with Crippen LogP contribution >= 0.6 is 0 Å². The van der Waals surface area contributed by atoms with Gasteiger partial charge >= 0.3 is 6.03 Å². The van der Waals surface area contributed by atoms with E-state index in [2.05, 4.69) is 19.2 Å². The predicted octanol–water partition coefficient (Wildman–Crippen LogP) is 2.37. The Bertz CT molecular complexity index is 182. The molecule has 1 unspecified atom stereocenters. The lowest BCUT2D eigenvalue weighted by Crippen LogP contribution is -2.42. The standard InChI is InChI=1S/C11H22N2O/c1-3-5-8-12-11(14)13-9-6-7-10(13)4-2/h10H,3-9H2,1-2H3,(H,12,14). The molecule has 0 aromatic heterocycles. The maximum absolute atomic E-state index is 11.7. The van der Waals surface area contributed by atoms with Crippen LogP contribution in [0.25, 0.3) is 0 Å². The van der Waals surface area contributed by atoms with Crippen molar-refractivity contribution in [3.05, 3.63) is 0 Å². The molecule has 3 nitrogen and oxygen atoms in total. The van der Waals surface area contributed by atoms with Gasteiger partial charge in [-0.1, -0.05) is 20.3 Å². The van der Waals surface area contributed by atoms with Gasteiger partial charge in [-0.25, -0.2) is 4.79 Å². The Morgan fingerprint density at radius 2 is 2.29 bits per heavy atom. The highest BCUT2D eigenvalue weighted by atomic mass is 16.2. The summed E-state index contributed by atoms with van der Waals surface area (Å²) in [5, 5.41) is 2.98. The van der Waals surface area contributed by atoms with Gasteiger partial charge in [0, 0.05) is 19.1 Å². The predicted molar refractivity (Wildman–Crippen MR) is 58.3 cm³/mol. The molecule has 1 heterocycles. The second-order valence-electron chi connectivity index (χ2n) is 3.98. The molecule has 0 aromatic rings. The first-order chi connectivity index (χ1) is 6.79. The molecule has 0 radical (unpaired) electrons. The summed E-state index contributed by atoms with van der Waals surface area (Å²) in [6.45, 7) is 6.05. The summed E-state index contributed by atoms with van der Waals surface area (Å²) in [5.41, 5.74) is 0. The molecular formula is C11H22N2O. The fourth-order valence-electron chi connectivity index (χ4n) is 2.00. The van der Waals surface area contributed by atoms with Crippen LogP contribution in [0.1, 0.15) is 46.0 Å². The molecule has 1 rings (SSSR count). The number of nitrogens with one attached hydrogen (secondary N) is 1. The van der Waals surface area contributed by atoms with Crippen LogP contribution in [0.2, 0.25) is 0 Å². The highest BCUT2D eigenvalue weighted by molar-refractivity contribution is 5.74. The minimum atomic E-state index is 0.141. The quantitative estimate of drug-likeness (QED) is 0.691. The van der Waals surface area contributed by atoms with Crippen molar-refractivity contribution >= 4 is 6.03 Å². The van der Waals surface area contributed by atoms with Crippen molar-refractivity contribution in [2.45, 2.75) is 52.0 Å². The molecular weight excluding hydrogens is 176 g/mol. The molecule has 2 amide bonds. The van der Waals surface area contributed by atoms with E-state index in [9.17, 15) is 4.79 Å². The molecule has 0 spiro atoms. The molecule has 1 atom stereocenters. The first-order valence-corrected chi connectivity index (χ1v) is 5.84. The zero-order chi connectivity index (χ0) is 10.4. The summed E-state index contributed by atoms with van der Waals surface area (Å²) < 4.78 is 0. The van der Waals surface area contributed by atoms with Crippen molar-refractivity contribution in [1.29, 1.82) is 0 Å². The first-order valence-electron chi connectivity index (χ1n) is 5.84. The number of hydrogen-bond acceptors (Lipinski definition) is 1. The molecule has 1 saturated heterocycles. The lowest BCUT2D eigenvalue weighted by Gasteiger charge is -2.23. The van der Waals surface area contributed by atoms with Crippen molar-refractivity contribution in [2.75, 3.05) is 13.1 Å². The summed E-state index contributed by atoms with van der Waals surface area (Å²) in [4.78, 5) is 13.7. The van der Waals surface area contributed by atoms with Crippen LogP contribution in [0.15, 0.2) is 0 Å². The Balaban J connectivity index is 2.28. The zero-order valence-corrected chi connectivity index (χ0v) is 9.38. The zero-order valence-electron chi connectivity index (χ0n) is 9.38. The smallest absolute Gasteiger partial charge is 0.317 e. The monoisotopic (exact) mass is 198 g/mol. The molecule has 0 bridgehead atoms. The number of unbranched alkanes of at least 4 members (excludes halogenated alkanes) is 1. The van der Waals surface area contributed by atoms with Crippen LogP contribution in [0.4, 0.5) is 4.79 Å². The Kier molecular flexibility index (Phi) is 4.77. The molecule has 1 aliphatic rings. The molecule has 1 aliphatic heterocycles. The van der Waals surface area contributed by atoms with Crippen LogP contribution in [0, 0.1) is 0 Å². The average molecular weight is 198 g/mol. The van der Waals surface area contributed by atoms with E-state index in [-0.39, 0.29) is 6.03 Å². The van der Waals surface area contributed by atoms with Crippen LogP contribution in [0.5, 0.6) is 0 Å². The van der Waals surface area contributed by atoms with Gasteiger partial charge in [0.1, 0.15) is 0 Å². The number of hydrogen-bond donors (Lipinski definition) is 1. The van der Waals surface area contributed by atoms with Crippen LogP contribution < -0.4 is 5.32 Å². The number of carbonyl (C=O) groups is 1. The van der Waals surface area contributed by atoms with Gasteiger partial charge in [-0.3, -0.25) is 0 Å². The molecule has 3 heteroatoms. The third-order valence-corrected chi connectivity index (χ3v) is 2.92. The van der Waals surface area contributed by atoms with Crippen molar-refractivity contribution < 1.29 is 4.79 Å². The summed E-state index contributed by atoms with van der Waals surface area (Å²) in [7, 11) is 0. The van der Waals surface area contributed by atoms with E-state index in [1.807, 2.05) is 4.90 Å². The van der Waals surface area contributed by atoms with Gasteiger partial charge in [-0.05, 0) is 25.7 Å². The van der Waals surface area contributed by atoms with E-state index >= 15 is 0 Å². The lowest BCUT2D eigenvalue weighted by atomic mass is 10.2. The molecule has 1 N–H and O–H groups in total. The van der Waals surface area contributed by atoms with Gasteiger partial charge in [0.05, 0.1) is 0 Å². The molecule has 82 valence electrons. The number of urea groups is 1. The second kappa shape index (κ2) is 5.89. The summed E-state index contributed by atoms with van der Waals surface area (Å²) in [6, 6.07) is 0.624. The molecule has 1 fully saturated rings. The third-order valence-electron chi connectivity index (χ3n) is 2.92. The first kappa shape index (κ1) is 11.3. The number of rotatable bonds is 4. The Morgan fingerprint density at radius 3 is 2.93 bits per heavy atom. The second-order valence-corrected chi connectivity index (χ2v) is 3.98. The van der Waals surface area contributed by atoms with E-state index in [1.54, 1.807) is 0 Å². The maximum Gasteiger partial charge on any atom is 0.317 e. The van der Waals surface area contributed by atoms with Gasteiger partial charge in [0.25, 0.3) is 0 Å². The van der Waals surface area contributed by atoms with Gasteiger partial charge < -0.3 is 10.2 Å². The van der Waals surface area contributed by atoms with E-state index < -0.39 is 0 Å². The highest BCUT2D eigenvalue weighted by Crippen LogP contribution is 2.19. The SMILES string of the molecule is CCCCNC(=O)N1CCCC1CC. The summed E-state index contributed by atoms with van der Waals surface area (Å²) >= 11 is 0. The van der Waals surface area contributed by atoms with E-state index in [1.165, 1.54) is 12.8 Å².